The molecule has 1 fully saturated rings. The van der Waals surface area contributed by atoms with Crippen LogP contribution in [0.25, 0.3) is 0 Å². The van der Waals surface area contributed by atoms with E-state index >= 15 is 0 Å². The molecule has 2 heterocycles. The summed E-state index contributed by atoms with van der Waals surface area (Å²) < 4.78 is 76.4. The number of aliphatic imine (C=N–C) groups is 1. The molecule has 1 aliphatic rings. The Morgan fingerprint density at radius 2 is 1.88 bits per heavy atom. The predicted molar refractivity (Wildman–Crippen MR) is 143 cm³/mol. The number of nitrogens with two attached hydrogens (primary N) is 1. The van der Waals surface area contributed by atoms with Crippen molar-refractivity contribution in [2.45, 2.75) is 12.7 Å². The second kappa shape index (κ2) is 13.7. The Bertz CT molecular complexity index is 1380. The predicted octanol–water partition coefficient (Wildman–Crippen LogP) is 3.54. The molecule has 15 heteroatoms. The minimum Gasteiger partial charge on any atom is -0.461 e. The molecular formula is C26H27F5N8O2. The summed E-state index contributed by atoms with van der Waals surface area (Å²) in [6.45, 7) is 2.60. The van der Waals surface area contributed by atoms with Gasteiger partial charge in [-0.3, -0.25) is 5.43 Å². The summed E-state index contributed by atoms with van der Waals surface area (Å²) in [5.74, 6) is -1.02. The standard InChI is InChI=1S/C26H27F5N8O2/c27-20-5-4-18(13-21(20)28)15-34-24(32)33-6-9-41-25-36-22(14-23(37-25)39-7-10-40-11-8-39)38-35-16-17-2-1-3-19(12-17)26(29,30)31/h1-5,12-14,16H,6-11,15H2,(H3,32,33,34)(H,36,37,38). The van der Waals surface area contributed by atoms with E-state index in [1.807, 2.05) is 4.90 Å². The van der Waals surface area contributed by atoms with Crippen LogP contribution >= 0.6 is 0 Å². The van der Waals surface area contributed by atoms with E-state index in [9.17, 15) is 22.0 Å². The van der Waals surface area contributed by atoms with E-state index in [0.29, 0.717) is 37.7 Å². The molecule has 10 nitrogen and oxygen atoms in total. The topological polar surface area (TPSA) is 122 Å². The zero-order valence-electron chi connectivity index (χ0n) is 21.7. The second-order valence-corrected chi connectivity index (χ2v) is 8.71. The van der Waals surface area contributed by atoms with Gasteiger partial charge in [0.25, 0.3) is 0 Å². The lowest BCUT2D eigenvalue weighted by atomic mass is 10.1. The zero-order chi connectivity index (χ0) is 29.2. The number of anilines is 2. The van der Waals surface area contributed by atoms with Crippen molar-refractivity contribution in [1.29, 1.82) is 0 Å². The minimum atomic E-state index is -4.46. The Labute approximate surface area is 232 Å². The van der Waals surface area contributed by atoms with Crippen molar-refractivity contribution in [3.8, 4) is 6.01 Å². The molecule has 0 spiro atoms. The average molecular weight is 579 g/mol. The SMILES string of the molecule is NC(=NCc1ccc(F)c(F)c1)NCCOc1nc(NN=Cc2cccc(C(F)(F)F)c2)cc(N2CCOCC2)n1. The summed E-state index contributed by atoms with van der Waals surface area (Å²) >= 11 is 0. The van der Waals surface area contributed by atoms with E-state index in [4.69, 9.17) is 15.2 Å². The molecular weight excluding hydrogens is 551 g/mol. The number of nitrogens with one attached hydrogen (secondary N) is 2. The number of morpholine rings is 1. The third-order valence-electron chi connectivity index (χ3n) is 5.69. The second-order valence-electron chi connectivity index (χ2n) is 8.71. The van der Waals surface area contributed by atoms with Crippen molar-refractivity contribution in [1.82, 2.24) is 15.3 Å². The van der Waals surface area contributed by atoms with Gasteiger partial charge < -0.3 is 25.4 Å². The number of rotatable bonds is 10. The largest absolute Gasteiger partial charge is 0.461 e. The van der Waals surface area contributed by atoms with Gasteiger partial charge in [0.15, 0.2) is 23.4 Å². The van der Waals surface area contributed by atoms with Crippen molar-refractivity contribution in [3.63, 3.8) is 0 Å². The van der Waals surface area contributed by atoms with Crippen LogP contribution in [0.15, 0.2) is 58.6 Å². The maximum atomic E-state index is 13.3. The maximum absolute atomic E-state index is 13.3. The van der Waals surface area contributed by atoms with Crippen LogP contribution in [0.3, 0.4) is 0 Å². The van der Waals surface area contributed by atoms with Crippen LogP contribution in [0.4, 0.5) is 33.6 Å². The van der Waals surface area contributed by atoms with Crippen LogP contribution in [-0.2, 0) is 17.5 Å². The molecule has 4 N–H and O–H groups in total. The van der Waals surface area contributed by atoms with Gasteiger partial charge in [0.1, 0.15) is 12.4 Å². The third-order valence-corrected chi connectivity index (χ3v) is 5.69. The molecule has 2 aromatic carbocycles. The van der Waals surface area contributed by atoms with Crippen molar-refractivity contribution < 1.29 is 31.4 Å². The summed E-state index contributed by atoms with van der Waals surface area (Å²) in [7, 11) is 0. The van der Waals surface area contributed by atoms with Crippen LogP contribution in [0.1, 0.15) is 16.7 Å². The first-order chi connectivity index (χ1) is 19.7. The molecule has 1 aromatic heterocycles. The highest BCUT2D eigenvalue weighted by atomic mass is 19.4. The molecule has 0 saturated carbocycles. The average Bonchev–Trinajstić information content (AvgIpc) is 2.96. The number of ether oxygens (including phenoxy) is 2. The summed E-state index contributed by atoms with van der Waals surface area (Å²) in [5, 5.41) is 6.86. The van der Waals surface area contributed by atoms with Crippen molar-refractivity contribution >= 4 is 23.8 Å². The number of hydrogen-bond donors (Lipinski definition) is 3. The molecule has 1 saturated heterocycles. The van der Waals surface area contributed by atoms with Gasteiger partial charge in [-0.15, -0.1) is 0 Å². The van der Waals surface area contributed by atoms with Crippen LogP contribution < -0.4 is 26.1 Å². The molecule has 3 aromatic rings. The Hall–Kier alpha value is -4.53. The lowest BCUT2D eigenvalue weighted by Crippen LogP contribution is -2.37. The Morgan fingerprint density at radius 3 is 2.63 bits per heavy atom. The summed E-state index contributed by atoms with van der Waals surface area (Å²) in [4.78, 5) is 14.8. The number of guanidine groups is 1. The fraction of sp³-hybridized carbons (Fsp3) is 0.308. The highest BCUT2D eigenvalue weighted by molar-refractivity contribution is 5.80. The van der Waals surface area contributed by atoms with Crippen LogP contribution in [-0.4, -0.2) is 61.6 Å². The molecule has 218 valence electrons. The van der Waals surface area contributed by atoms with Crippen molar-refractivity contribution in [2.75, 3.05) is 49.8 Å². The summed E-state index contributed by atoms with van der Waals surface area (Å²) in [6.07, 6.45) is -3.21. The van der Waals surface area contributed by atoms with E-state index in [1.165, 1.54) is 24.4 Å². The first-order valence-corrected chi connectivity index (χ1v) is 12.5. The molecule has 4 rings (SSSR count). The summed E-state index contributed by atoms with van der Waals surface area (Å²) in [6, 6.07) is 9.90. The molecule has 1 aliphatic heterocycles. The van der Waals surface area contributed by atoms with Gasteiger partial charge >= 0.3 is 12.2 Å². The first kappa shape index (κ1) is 29.5. The van der Waals surface area contributed by atoms with Crippen LogP contribution in [0.2, 0.25) is 0 Å². The molecule has 0 radical (unpaired) electrons. The number of nitrogens with zero attached hydrogens (tertiary/aromatic N) is 5. The highest BCUT2D eigenvalue weighted by Crippen LogP contribution is 2.29. The normalized spacial score (nSPS) is 14.4. The Balaban J connectivity index is 1.36. The molecule has 0 unspecified atom stereocenters. The molecule has 0 atom stereocenters. The number of hydrogen-bond acceptors (Lipinski definition) is 8. The molecule has 0 amide bonds. The number of hydrazone groups is 1. The van der Waals surface area contributed by atoms with Gasteiger partial charge in [-0.25, -0.2) is 13.8 Å². The molecule has 0 aliphatic carbocycles. The zero-order valence-corrected chi connectivity index (χ0v) is 21.7. The maximum Gasteiger partial charge on any atom is 0.416 e. The number of alkyl halides is 3. The van der Waals surface area contributed by atoms with Gasteiger partial charge in [0.05, 0.1) is 38.1 Å². The molecule has 41 heavy (non-hydrogen) atoms. The first-order valence-electron chi connectivity index (χ1n) is 12.5. The van der Waals surface area contributed by atoms with Crippen LogP contribution in [0, 0.1) is 11.6 Å². The van der Waals surface area contributed by atoms with Crippen molar-refractivity contribution in [2.24, 2.45) is 15.8 Å². The van der Waals surface area contributed by atoms with E-state index in [2.05, 4.69) is 30.8 Å². The number of aromatic nitrogens is 2. The van der Waals surface area contributed by atoms with E-state index in [1.54, 1.807) is 6.07 Å². The Morgan fingerprint density at radius 1 is 1.07 bits per heavy atom. The van der Waals surface area contributed by atoms with Gasteiger partial charge in [-0.2, -0.15) is 28.2 Å². The van der Waals surface area contributed by atoms with E-state index in [-0.39, 0.29) is 43.0 Å². The van der Waals surface area contributed by atoms with E-state index in [0.717, 1.165) is 24.3 Å². The summed E-state index contributed by atoms with van der Waals surface area (Å²) in [5.41, 5.74) is 8.47. The molecule has 0 bridgehead atoms. The lowest BCUT2D eigenvalue weighted by molar-refractivity contribution is -0.137. The fourth-order valence-electron chi connectivity index (χ4n) is 3.65. The highest BCUT2D eigenvalue weighted by Gasteiger charge is 2.30. The Kier molecular flexibility index (Phi) is 9.84. The monoisotopic (exact) mass is 578 g/mol. The third kappa shape index (κ3) is 8.99. The van der Waals surface area contributed by atoms with Gasteiger partial charge in [-0.1, -0.05) is 18.2 Å². The van der Waals surface area contributed by atoms with Crippen molar-refractivity contribution in [3.05, 3.63) is 76.9 Å². The number of benzene rings is 2. The van der Waals surface area contributed by atoms with Gasteiger partial charge in [-0.05, 0) is 35.4 Å². The fourth-order valence-corrected chi connectivity index (χ4v) is 3.65. The smallest absolute Gasteiger partial charge is 0.416 e. The number of halogens is 5. The van der Waals surface area contributed by atoms with E-state index < -0.39 is 23.4 Å². The lowest BCUT2D eigenvalue weighted by Gasteiger charge is -2.28. The minimum absolute atomic E-state index is 0.0323. The van der Waals surface area contributed by atoms with Gasteiger partial charge in [0.2, 0.25) is 0 Å². The van der Waals surface area contributed by atoms with Gasteiger partial charge in [0, 0.05) is 19.2 Å². The quantitative estimate of drug-likeness (QED) is 0.110. The van der Waals surface area contributed by atoms with Crippen LogP contribution in [0.5, 0.6) is 6.01 Å².